The Morgan fingerprint density at radius 2 is 1.92 bits per heavy atom. The van der Waals surface area contributed by atoms with E-state index in [0.29, 0.717) is 16.3 Å². The lowest BCUT2D eigenvalue weighted by Gasteiger charge is -2.00. The lowest BCUT2D eigenvalue weighted by molar-refractivity contribution is -0.384. The van der Waals surface area contributed by atoms with Gasteiger partial charge in [-0.05, 0) is 24.3 Å². The molecule has 3 aromatic rings. The van der Waals surface area contributed by atoms with Crippen LogP contribution in [0, 0.1) is 21.4 Å². The quantitative estimate of drug-likeness (QED) is 0.410. The van der Waals surface area contributed by atoms with E-state index in [1.54, 1.807) is 18.3 Å². The van der Waals surface area contributed by atoms with Crippen LogP contribution in [0.2, 0.25) is 0 Å². The molecule has 0 radical (unpaired) electrons. The Balaban J connectivity index is 1.81. The van der Waals surface area contributed by atoms with E-state index in [1.165, 1.54) is 23.5 Å². The van der Waals surface area contributed by atoms with Crippen molar-refractivity contribution < 1.29 is 4.92 Å². The summed E-state index contributed by atoms with van der Waals surface area (Å²) in [6.45, 7) is 0. The van der Waals surface area contributed by atoms with Gasteiger partial charge >= 0.3 is 0 Å². The molecule has 1 N–H and O–H groups in total. The molecule has 25 heavy (non-hydrogen) atoms. The van der Waals surface area contributed by atoms with Gasteiger partial charge in [-0.2, -0.15) is 5.26 Å². The SMILES string of the molecule is N#C/C(=C/Nc1ccccc1)c1nc(-c2ccc([N+](=O)[O-])cc2)cs1. The van der Waals surface area contributed by atoms with Crippen LogP contribution in [0.25, 0.3) is 16.8 Å². The first-order valence-electron chi connectivity index (χ1n) is 7.30. The molecule has 0 spiro atoms. The zero-order valence-electron chi connectivity index (χ0n) is 12.9. The Labute approximate surface area is 147 Å². The third-order valence-corrected chi connectivity index (χ3v) is 4.26. The standard InChI is InChI=1S/C18H12N4O2S/c19-10-14(11-20-15-4-2-1-3-5-15)18-21-17(12-25-18)13-6-8-16(9-7-13)22(23)24/h1-9,11-12,20H/b14-11-. The zero-order valence-corrected chi connectivity index (χ0v) is 13.7. The number of anilines is 1. The maximum Gasteiger partial charge on any atom is 0.269 e. The van der Waals surface area contributed by atoms with Gasteiger partial charge in [0.15, 0.2) is 0 Å². The van der Waals surface area contributed by atoms with Crippen LogP contribution < -0.4 is 5.32 Å². The highest BCUT2D eigenvalue weighted by molar-refractivity contribution is 7.11. The van der Waals surface area contributed by atoms with Gasteiger partial charge in [-0.1, -0.05) is 18.2 Å². The maximum atomic E-state index is 10.7. The number of rotatable bonds is 5. The number of non-ortho nitro benzene ring substituents is 1. The fourth-order valence-corrected chi connectivity index (χ4v) is 2.91. The van der Waals surface area contributed by atoms with E-state index in [9.17, 15) is 15.4 Å². The molecule has 122 valence electrons. The summed E-state index contributed by atoms with van der Waals surface area (Å²) in [5.74, 6) is 0. The minimum absolute atomic E-state index is 0.0314. The molecular formula is C18H12N4O2S. The van der Waals surface area contributed by atoms with E-state index in [4.69, 9.17) is 0 Å². The smallest absolute Gasteiger partial charge is 0.269 e. The Hall–Kier alpha value is -3.50. The molecule has 0 aliphatic carbocycles. The van der Waals surface area contributed by atoms with Gasteiger partial charge in [0.2, 0.25) is 0 Å². The van der Waals surface area contributed by atoms with Gasteiger partial charge in [0.05, 0.1) is 10.6 Å². The average molecular weight is 348 g/mol. The van der Waals surface area contributed by atoms with Crippen LogP contribution in [0.3, 0.4) is 0 Å². The Morgan fingerprint density at radius 1 is 1.20 bits per heavy atom. The fourth-order valence-electron chi connectivity index (χ4n) is 2.12. The van der Waals surface area contributed by atoms with Crippen molar-refractivity contribution in [2.75, 3.05) is 5.32 Å². The monoisotopic (exact) mass is 348 g/mol. The predicted molar refractivity (Wildman–Crippen MR) is 97.9 cm³/mol. The van der Waals surface area contributed by atoms with E-state index in [-0.39, 0.29) is 5.69 Å². The van der Waals surface area contributed by atoms with Crippen LogP contribution in [0.4, 0.5) is 11.4 Å². The molecule has 1 heterocycles. The van der Waals surface area contributed by atoms with E-state index in [2.05, 4.69) is 16.4 Å². The van der Waals surface area contributed by atoms with Crippen LogP contribution in [-0.2, 0) is 0 Å². The fraction of sp³-hybridized carbons (Fsp3) is 0. The molecule has 7 heteroatoms. The van der Waals surface area contributed by atoms with Crippen LogP contribution in [-0.4, -0.2) is 9.91 Å². The van der Waals surface area contributed by atoms with E-state index in [1.807, 2.05) is 35.7 Å². The second-order valence-corrected chi connectivity index (χ2v) is 5.88. The first-order valence-corrected chi connectivity index (χ1v) is 8.18. The van der Waals surface area contributed by atoms with E-state index < -0.39 is 4.92 Å². The number of benzene rings is 2. The Bertz CT molecular complexity index is 957. The number of hydrogen-bond donors (Lipinski definition) is 1. The van der Waals surface area contributed by atoms with Crippen LogP contribution >= 0.6 is 11.3 Å². The number of hydrogen-bond acceptors (Lipinski definition) is 6. The van der Waals surface area contributed by atoms with Crippen LogP contribution in [0.1, 0.15) is 5.01 Å². The lowest BCUT2D eigenvalue weighted by Crippen LogP contribution is -1.90. The summed E-state index contributed by atoms with van der Waals surface area (Å²) in [5, 5.41) is 25.6. The normalized spacial score (nSPS) is 10.9. The minimum atomic E-state index is -0.442. The summed E-state index contributed by atoms with van der Waals surface area (Å²) in [6.07, 6.45) is 1.62. The highest BCUT2D eigenvalue weighted by Crippen LogP contribution is 2.27. The van der Waals surface area contributed by atoms with Crippen molar-refractivity contribution in [2.45, 2.75) is 0 Å². The maximum absolute atomic E-state index is 10.7. The van der Waals surface area contributed by atoms with E-state index >= 15 is 0 Å². The number of nitro benzene ring substituents is 1. The molecule has 0 saturated heterocycles. The van der Waals surface area contributed by atoms with Gasteiger partial charge in [-0.15, -0.1) is 11.3 Å². The summed E-state index contributed by atoms with van der Waals surface area (Å²) in [5.41, 5.74) is 2.77. The van der Waals surface area contributed by atoms with E-state index in [0.717, 1.165) is 11.3 Å². The molecule has 0 aliphatic rings. The molecule has 0 unspecified atom stereocenters. The van der Waals surface area contributed by atoms with Crippen LogP contribution in [0.15, 0.2) is 66.2 Å². The van der Waals surface area contributed by atoms with Crippen molar-refractivity contribution in [2.24, 2.45) is 0 Å². The minimum Gasteiger partial charge on any atom is -0.360 e. The third-order valence-electron chi connectivity index (χ3n) is 3.39. The second-order valence-electron chi connectivity index (χ2n) is 5.02. The van der Waals surface area contributed by atoms with Crippen molar-refractivity contribution in [3.05, 3.63) is 81.3 Å². The third kappa shape index (κ3) is 3.88. The van der Waals surface area contributed by atoms with Gasteiger partial charge in [0, 0.05) is 35.0 Å². The van der Waals surface area contributed by atoms with Crippen LogP contribution in [0.5, 0.6) is 0 Å². The average Bonchev–Trinajstić information content (AvgIpc) is 3.13. The Morgan fingerprint density at radius 3 is 2.56 bits per heavy atom. The number of nitrogens with zero attached hydrogens (tertiary/aromatic N) is 3. The summed E-state index contributed by atoms with van der Waals surface area (Å²) in [7, 11) is 0. The van der Waals surface area contributed by atoms with Crippen molar-refractivity contribution in [3.8, 4) is 17.3 Å². The largest absolute Gasteiger partial charge is 0.360 e. The van der Waals surface area contributed by atoms with Crippen molar-refractivity contribution >= 4 is 28.3 Å². The van der Waals surface area contributed by atoms with Gasteiger partial charge in [0.25, 0.3) is 5.69 Å². The molecule has 3 rings (SSSR count). The molecule has 0 bridgehead atoms. The topological polar surface area (TPSA) is 91.8 Å². The first-order chi connectivity index (χ1) is 12.2. The number of nitro groups is 1. The number of thiazole rings is 1. The number of aromatic nitrogens is 1. The number of para-hydroxylation sites is 1. The zero-order chi connectivity index (χ0) is 17.6. The highest BCUT2D eigenvalue weighted by atomic mass is 32.1. The summed E-state index contributed by atoms with van der Waals surface area (Å²) in [4.78, 5) is 14.7. The summed E-state index contributed by atoms with van der Waals surface area (Å²) >= 11 is 1.35. The van der Waals surface area contributed by atoms with Gasteiger partial charge in [-0.3, -0.25) is 10.1 Å². The number of nitriles is 1. The molecule has 2 aromatic carbocycles. The van der Waals surface area contributed by atoms with Gasteiger partial charge < -0.3 is 5.32 Å². The number of nitrogens with one attached hydrogen (secondary N) is 1. The van der Waals surface area contributed by atoms with Crippen molar-refractivity contribution in [1.82, 2.24) is 4.98 Å². The molecule has 6 nitrogen and oxygen atoms in total. The first kappa shape index (κ1) is 16.4. The van der Waals surface area contributed by atoms with Crippen molar-refractivity contribution in [1.29, 1.82) is 5.26 Å². The lowest BCUT2D eigenvalue weighted by atomic mass is 10.1. The van der Waals surface area contributed by atoms with Gasteiger partial charge in [-0.25, -0.2) is 4.98 Å². The second kappa shape index (κ2) is 7.38. The van der Waals surface area contributed by atoms with Crippen molar-refractivity contribution in [3.63, 3.8) is 0 Å². The molecular weight excluding hydrogens is 336 g/mol. The summed E-state index contributed by atoms with van der Waals surface area (Å²) in [6, 6.07) is 17.8. The molecule has 0 saturated carbocycles. The van der Waals surface area contributed by atoms with Gasteiger partial charge in [0.1, 0.15) is 16.6 Å². The molecule has 0 fully saturated rings. The molecule has 0 atom stereocenters. The number of allylic oxidation sites excluding steroid dienone is 1. The Kier molecular flexibility index (Phi) is 4.83. The molecule has 0 amide bonds. The molecule has 0 aliphatic heterocycles. The predicted octanol–water partition coefficient (Wildman–Crippen LogP) is 4.69. The molecule has 1 aromatic heterocycles. The highest BCUT2D eigenvalue weighted by Gasteiger charge is 2.10. The summed E-state index contributed by atoms with van der Waals surface area (Å²) < 4.78 is 0.